The minimum absolute atomic E-state index is 0.125. The van der Waals surface area contributed by atoms with Gasteiger partial charge < -0.3 is 5.32 Å². The molecule has 25 heavy (non-hydrogen) atoms. The highest BCUT2D eigenvalue weighted by molar-refractivity contribution is 7.89. The van der Waals surface area contributed by atoms with Gasteiger partial charge >= 0.3 is 0 Å². The lowest BCUT2D eigenvalue weighted by molar-refractivity contribution is 0.0950. The Labute approximate surface area is 148 Å². The predicted molar refractivity (Wildman–Crippen MR) is 96.7 cm³/mol. The molecule has 1 aromatic heterocycles. The highest BCUT2D eigenvalue weighted by Crippen LogP contribution is 2.14. The Kier molecular flexibility index (Phi) is 5.59. The van der Waals surface area contributed by atoms with E-state index in [1.165, 1.54) is 24.3 Å². The number of nitrogens with zero attached hydrogens (tertiary/aromatic N) is 1. The zero-order valence-electron chi connectivity index (χ0n) is 14.8. The van der Waals surface area contributed by atoms with Gasteiger partial charge in [0.25, 0.3) is 5.91 Å². The fourth-order valence-corrected chi connectivity index (χ4v) is 3.64. The first kappa shape index (κ1) is 19.1. The van der Waals surface area contributed by atoms with E-state index in [9.17, 15) is 13.2 Å². The summed E-state index contributed by atoms with van der Waals surface area (Å²) < 4.78 is 27.1. The van der Waals surface area contributed by atoms with Gasteiger partial charge in [0, 0.05) is 17.3 Å². The van der Waals surface area contributed by atoms with E-state index in [1.807, 2.05) is 19.1 Å². The normalized spacial score (nSPS) is 12.0. The Morgan fingerprint density at radius 2 is 1.76 bits per heavy atom. The van der Waals surface area contributed by atoms with Gasteiger partial charge in [-0.15, -0.1) is 0 Å². The minimum atomic E-state index is -3.61. The summed E-state index contributed by atoms with van der Waals surface area (Å²) in [6.07, 6.45) is 1.68. The fourth-order valence-electron chi connectivity index (χ4n) is 2.22. The molecule has 7 heteroatoms. The van der Waals surface area contributed by atoms with Crippen molar-refractivity contribution in [3.05, 3.63) is 59.4 Å². The van der Waals surface area contributed by atoms with Crippen molar-refractivity contribution in [2.24, 2.45) is 0 Å². The van der Waals surface area contributed by atoms with Crippen LogP contribution in [0.3, 0.4) is 0 Å². The number of sulfonamides is 1. The number of hydrogen-bond donors (Lipinski definition) is 2. The maximum Gasteiger partial charge on any atom is 0.251 e. The number of rotatable bonds is 5. The molecule has 2 rings (SSSR count). The fraction of sp³-hybridized carbons (Fsp3) is 0.333. The van der Waals surface area contributed by atoms with E-state index in [1.54, 1.807) is 27.0 Å². The smallest absolute Gasteiger partial charge is 0.251 e. The van der Waals surface area contributed by atoms with Crippen LogP contribution in [0.5, 0.6) is 0 Å². The third kappa shape index (κ3) is 5.37. The molecule has 0 fully saturated rings. The van der Waals surface area contributed by atoms with Crippen LogP contribution in [0.4, 0.5) is 0 Å². The van der Waals surface area contributed by atoms with Crippen LogP contribution >= 0.6 is 0 Å². The molecule has 0 atom stereocenters. The van der Waals surface area contributed by atoms with Crippen molar-refractivity contribution < 1.29 is 13.2 Å². The Balaban J connectivity index is 2.07. The SMILES string of the molecule is Cc1cccnc1CNC(=O)c1ccc(S(=O)(=O)NC(C)(C)C)cc1. The maximum atomic E-state index is 12.3. The predicted octanol–water partition coefficient (Wildman–Crippen LogP) is 2.40. The Bertz CT molecular complexity index is 854. The van der Waals surface area contributed by atoms with E-state index in [-0.39, 0.29) is 10.8 Å². The summed E-state index contributed by atoms with van der Waals surface area (Å²) in [4.78, 5) is 16.6. The molecule has 134 valence electrons. The van der Waals surface area contributed by atoms with Crippen molar-refractivity contribution in [3.8, 4) is 0 Å². The van der Waals surface area contributed by atoms with E-state index >= 15 is 0 Å². The highest BCUT2D eigenvalue weighted by Gasteiger charge is 2.22. The summed E-state index contributed by atoms with van der Waals surface area (Å²) in [5.41, 5.74) is 1.61. The molecule has 0 radical (unpaired) electrons. The van der Waals surface area contributed by atoms with Gasteiger partial charge in [0.1, 0.15) is 0 Å². The zero-order chi connectivity index (χ0) is 18.7. The molecule has 0 saturated carbocycles. The molecule has 2 N–H and O–H groups in total. The molecule has 1 heterocycles. The van der Waals surface area contributed by atoms with Gasteiger partial charge in [0.2, 0.25) is 10.0 Å². The van der Waals surface area contributed by atoms with E-state index in [0.717, 1.165) is 11.3 Å². The van der Waals surface area contributed by atoms with Crippen molar-refractivity contribution in [1.82, 2.24) is 15.0 Å². The summed E-state index contributed by atoms with van der Waals surface area (Å²) in [6, 6.07) is 9.61. The van der Waals surface area contributed by atoms with Crippen LogP contribution in [0.1, 0.15) is 42.4 Å². The summed E-state index contributed by atoms with van der Waals surface area (Å²) in [5.74, 6) is -0.280. The molecule has 0 bridgehead atoms. The first-order chi connectivity index (χ1) is 11.6. The monoisotopic (exact) mass is 361 g/mol. The van der Waals surface area contributed by atoms with E-state index in [2.05, 4.69) is 15.0 Å². The van der Waals surface area contributed by atoms with Crippen LogP contribution in [0.15, 0.2) is 47.5 Å². The number of aryl methyl sites for hydroxylation is 1. The molecular formula is C18H23N3O3S. The lowest BCUT2D eigenvalue weighted by atomic mass is 10.1. The number of pyridine rings is 1. The molecule has 0 saturated heterocycles. The lowest BCUT2D eigenvalue weighted by Crippen LogP contribution is -2.40. The quantitative estimate of drug-likeness (QED) is 0.856. The summed E-state index contributed by atoms with van der Waals surface area (Å²) in [5, 5.41) is 2.79. The van der Waals surface area contributed by atoms with Crippen LogP contribution in [-0.4, -0.2) is 24.8 Å². The Hall–Kier alpha value is -2.25. The molecule has 1 aromatic carbocycles. The zero-order valence-corrected chi connectivity index (χ0v) is 15.6. The standard InChI is InChI=1S/C18H23N3O3S/c1-13-6-5-11-19-16(13)12-20-17(22)14-7-9-15(10-8-14)25(23,24)21-18(2,3)4/h5-11,21H,12H2,1-4H3,(H,20,22). The summed E-state index contributed by atoms with van der Waals surface area (Å²) in [6.45, 7) is 7.55. The number of carbonyl (C=O) groups is 1. The van der Waals surface area contributed by atoms with Gasteiger partial charge in [-0.25, -0.2) is 13.1 Å². The second kappa shape index (κ2) is 7.33. The van der Waals surface area contributed by atoms with Crippen LogP contribution in [0.2, 0.25) is 0 Å². The van der Waals surface area contributed by atoms with Crippen molar-refractivity contribution in [2.45, 2.75) is 44.7 Å². The highest BCUT2D eigenvalue weighted by atomic mass is 32.2. The van der Waals surface area contributed by atoms with Gasteiger partial charge in [0.05, 0.1) is 17.1 Å². The number of benzene rings is 1. The molecule has 1 amide bonds. The van der Waals surface area contributed by atoms with E-state index in [4.69, 9.17) is 0 Å². The van der Waals surface area contributed by atoms with Crippen molar-refractivity contribution in [1.29, 1.82) is 0 Å². The van der Waals surface area contributed by atoms with Gasteiger partial charge in [0.15, 0.2) is 0 Å². The lowest BCUT2D eigenvalue weighted by Gasteiger charge is -2.20. The van der Waals surface area contributed by atoms with Gasteiger partial charge in [-0.3, -0.25) is 9.78 Å². The third-order valence-electron chi connectivity index (χ3n) is 3.40. The largest absolute Gasteiger partial charge is 0.346 e. The van der Waals surface area contributed by atoms with Crippen LogP contribution in [0.25, 0.3) is 0 Å². The van der Waals surface area contributed by atoms with Crippen molar-refractivity contribution in [3.63, 3.8) is 0 Å². The minimum Gasteiger partial charge on any atom is -0.346 e. The van der Waals surface area contributed by atoms with Crippen LogP contribution in [-0.2, 0) is 16.6 Å². The van der Waals surface area contributed by atoms with Crippen molar-refractivity contribution >= 4 is 15.9 Å². The number of carbonyl (C=O) groups excluding carboxylic acids is 1. The van der Waals surface area contributed by atoms with E-state index in [0.29, 0.717) is 12.1 Å². The molecular weight excluding hydrogens is 338 g/mol. The van der Waals surface area contributed by atoms with Crippen LogP contribution < -0.4 is 10.0 Å². The second-order valence-corrected chi connectivity index (χ2v) is 8.51. The number of amides is 1. The maximum absolute atomic E-state index is 12.3. The first-order valence-electron chi connectivity index (χ1n) is 7.91. The molecule has 0 aliphatic rings. The number of hydrogen-bond acceptors (Lipinski definition) is 4. The average molecular weight is 361 g/mol. The Morgan fingerprint density at radius 3 is 2.32 bits per heavy atom. The molecule has 0 aliphatic carbocycles. The van der Waals surface area contributed by atoms with Gasteiger partial charge in [-0.05, 0) is 63.6 Å². The van der Waals surface area contributed by atoms with Crippen molar-refractivity contribution in [2.75, 3.05) is 0 Å². The van der Waals surface area contributed by atoms with Gasteiger partial charge in [-0.1, -0.05) is 6.07 Å². The molecule has 0 spiro atoms. The van der Waals surface area contributed by atoms with Crippen LogP contribution in [0, 0.1) is 6.92 Å². The molecule has 6 nitrogen and oxygen atoms in total. The second-order valence-electron chi connectivity index (χ2n) is 6.83. The van der Waals surface area contributed by atoms with Gasteiger partial charge in [-0.2, -0.15) is 0 Å². The average Bonchev–Trinajstić information content (AvgIpc) is 2.52. The van der Waals surface area contributed by atoms with E-state index < -0.39 is 15.6 Å². The molecule has 2 aromatic rings. The topological polar surface area (TPSA) is 88.2 Å². The summed E-state index contributed by atoms with van der Waals surface area (Å²) in [7, 11) is -3.61. The number of nitrogens with one attached hydrogen (secondary N) is 2. The summed E-state index contributed by atoms with van der Waals surface area (Å²) >= 11 is 0. The first-order valence-corrected chi connectivity index (χ1v) is 9.39. The number of aromatic nitrogens is 1. The Morgan fingerprint density at radius 1 is 1.12 bits per heavy atom. The molecule has 0 unspecified atom stereocenters. The molecule has 0 aliphatic heterocycles. The third-order valence-corrected chi connectivity index (χ3v) is 5.18.